The number of nitrogens with one attached hydrogen (secondary N) is 1. The number of nitrogens with zero attached hydrogens (tertiary/aromatic N) is 2. The molecule has 0 bridgehead atoms. The van der Waals surface area contributed by atoms with Gasteiger partial charge in [-0.25, -0.2) is 0 Å². The summed E-state index contributed by atoms with van der Waals surface area (Å²) in [6, 6.07) is 10.4. The summed E-state index contributed by atoms with van der Waals surface area (Å²) < 4.78 is 0. The van der Waals surface area contributed by atoms with Crippen LogP contribution in [0.25, 0.3) is 0 Å². The van der Waals surface area contributed by atoms with E-state index in [0.717, 1.165) is 45.6 Å². The van der Waals surface area contributed by atoms with E-state index in [1.807, 2.05) is 25.1 Å². The van der Waals surface area contributed by atoms with Crippen LogP contribution in [-0.4, -0.2) is 54.5 Å². The number of carbonyl (C=O) groups excluding carboxylic acids is 1. The predicted octanol–water partition coefficient (Wildman–Crippen LogP) is 2.67. The Hall–Kier alpha value is -1.39. The highest BCUT2D eigenvalue weighted by Crippen LogP contribution is 2.19. The van der Waals surface area contributed by atoms with Gasteiger partial charge in [-0.15, -0.1) is 0 Å². The lowest BCUT2D eigenvalue weighted by molar-refractivity contribution is -0.127. The maximum absolute atomic E-state index is 12.7. The van der Waals surface area contributed by atoms with Crippen molar-refractivity contribution in [1.82, 2.24) is 15.1 Å². The van der Waals surface area contributed by atoms with Crippen LogP contribution in [0.4, 0.5) is 0 Å². The predicted molar refractivity (Wildman–Crippen MR) is 95.4 cm³/mol. The lowest BCUT2D eigenvalue weighted by Crippen LogP contribution is -2.54. The fraction of sp³-hybridized carbons (Fsp3) is 0.632. The Labute approximate surface area is 140 Å². The first-order valence-corrected chi connectivity index (χ1v) is 8.97. The number of hydrogen-bond donors (Lipinski definition) is 1. The SMILES string of the molecule is CCCC(NC(=O)C(C)N1CCN(CC)CC1)c1ccccc1. The Morgan fingerprint density at radius 3 is 2.35 bits per heavy atom. The molecule has 1 saturated heterocycles. The lowest BCUT2D eigenvalue weighted by Gasteiger charge is -2.37. The van der Waals surface area contributed by atoms with Gasteiger partial charge in [-0.2, -0.15) is 0 Å². The number of benzene rings is 1. The molecule has 0 spiro atoms. The zero-order valence-corrected chi connectivity index (χ0v) is 14.8. The molecule has 0 aromatic heterocycles. The molecule has 0 aliphatic carbocycles. The third-order valence-corrected chi connectivity index (χ3v) is 4.88. The molecule has 1 fully saturated rings. The standard InChI is InChI=1S/C19H31N3O/c1-4-9-18(17-10-7-6-8-11-17)20-19(23)16(3)22-14-12-21(5-2)13-15-22/h6-8,10-11,16,18H,4-5,9,12-15H2,1-3H3,(H,20,23). The zero-order valence-electron chi connectivity index (χ0n) is 14.8. The van der Waals surface area contributed by atoms with Crippen LogP contribution in [0.5, 0.6) is 0 Å². The van der Waals surface area contributed by atoms with E-state index in [-0.39, 0.29) is 18.0 Å². The van der Waals surface area contributed by atoms with Crippen molar-refractivity contribution in [3.05, 3.63) is 35.9 Å². The van der Waals surface area contributed by atoms with Crippen LogP contribution in [0, 0.1) is 0 Å². The van der Waals surface area contributed by atoms with Gasteiger partial charge in [-0.05, 0) is 25.5 Å². The molecular weight excluding hydrogens is 286 g/mol. The number of hydrogen-bond acceptors (Lipinski definition) is 3. The van der Waals surface area contributed by atoms with Crippen molar-refractivity contribution in [2.24, 2.45) is 0 Å². The van der Waals surface area contributed by atoms with E-state index in [1.165, 1.54) is 5.56 Å². The molecule has 128 valence electrons. The van der Waals surface area contributed by atoms with Gasteiger partial charge >= 0.3 is 0 Å². The second-order valence-corrected chi connectivity index (χ2v) is 6.41. The maximum atomic E-state index is 12.7. The molecule has 2 unspecified atom stereocenters. The van der Waals surface area contributed by atoms with Crippen molar-refractivity contribution in [2.75, 3.05) is 32.7 Å². The van der Waals surface area contributed by atoms with Gasteiger partial charge in [-0.1, -0.05) is 50.6 Å². The summed E-state index contributed by atoms with van der Waals surface area (Å²) in [5, 5.41) is 3.26. The summed E-state index contributed by atoms with van der Waals surface area (Å²) in [6.45, 7) is 11.6. The summed E-state index contributed by atoms with van der Waals surface area (Å²) in [7, 11) is 0. The topological polar surface area (TPSA) is 35.6 Å². The van der Waals surface area contributed by atoms with Crippen LogP contribution < -0.4 is 5.32 Å². The first-order valence-electron chi connectivity index (χ1n) is 8.97. The van der Waals surface area contributed by atoms with Crippen LogP contribution in [-0.2, 0) is 4.79 Å². The molecule has 4 nitrogen and oxygen atoms in total. The first-order chi connectivity index (χ1) is 11.2. The van der Waals surface area contributed by atoms with Gasteiger partial charge in [0, 0.05) is 26.2 Å². The van der Waals surface area contributed by atoms with Gasteiger partial charge in [0.05, 0.1) is 12.1 Å². The fourth-order valence-corrected chi connectivity index (χ4v) is 3.22. The third-order valence-electron chi connectivity index (χ3n) is 4.88. The summed E-state index contributed by atoms with van der Waals surface area (Å²) in [4.78, 5) is 17.4. The second kappa shape index (κ2) is 9.04. The van der Waals surface area contributed by atoms with Crippen molar-refractivity contribution < 1.29 is 4.79 Å². The normalized spacial score (nSPS) is 19.3. The minimum Gasteiger partial charge on any atom is -0.348 e. The Balaban J connectivity index is 1.93. The van der Waals surface area contributed by atoms with Crippen LogP contribution in [0.3, 0.4) is 0 Å². The van der Waals surface area contributed by atoms with Gasteiger partial charge in [0.15, 0.2) is 0 Å². The quantitative estimate of drug-likeness (QED) is 0.840. The van der Waals surface area contributed by atoms with Crippen LogP contribution in [0.2, 0.25) is 0 Å². The van der Waals surface area contributed by atoms with E-state index in [0.29, 0.717) is 0 Å². The third kappa shape index (κ3) is 5.05. The van der Waals surface area contributed by atoms with Gasteiger partial charge in [0.1, 0.15) is 0 Å². The molecule has 1 heterocycles. The Kier molecular flexibility index (Phi) is 7.06. The number of rotatable bonds is 7. The largest absolute Gasteiger partial charge is 0.348 e. The van der Waals surface area contributed by atoms with Gasteiger partial charge in [-0.3, -0.25) is 9.69 Å². The van der Waals surface area contributed by atoms with E-state index in [9.17, 15) is 4.79 Å². The molecule has 1 N–H and O–H groups in total. The number of piperazine rings is 1. The Bertz CT molecular complexity index is 469. The molecule has 23 heavy (non-hydrogen) atoms. The van der Waals surface area contributed by atoms with E-state index >= 15 is 0 Å². The van der Waals surface area contributed by atoms with E-state index in [4.69, 9.17) is 0 Å². The Morgan fingerprint density at radius 1 is 1.13 bits per heavy atom. The molecule has 1 aromatic carbocycles. The molecule has 1 aromatic rings. The second-order valence-electron chi connectivity index (χ2n) is 6.41. The summed E-state index contributed by atoms with van der Waals surface area (Å²) in [5.41, 5.74) is 1.20. The van der Waals surface area contributed by atoms with E-state index in [2.05, 4.69) is 41.1 Å². The molecule has 4 heteroatoms. The molecule has 0 saturated carbocycles. The number of likely N-dealkylation sites (N-methyl/N-ethyl adjacent to an activating group) is 1. The number of carbonyl (C=O) groups is 1. The van der Waals surface area contributed by atoms with Crippen LogP contribution in [0.15, 0.2) is 30.3 Å². The molecule has 2 atom stereocenters. The van der Waals surface area contributed by atoms with E-state index < -0.39 is 0 Å². The van der Waals surface area contributed by atoms with Gasteiger partial charge in [0.2, 0.25) is 5.91 Å². The van der Waals surface area contributed by atoms with Gasteiger partial charge in [0.25, 0.3) is 0 Å². The average Bonchev–Trinajstić information content (AvgIpc) is 2.61. The van der Waals surface area contributed by atoms with E-state index in [1.54, 1.807) is 0 Å². The van der Waals surface area contributed by atoms with Crippen molar-refractivity contribution >= 4 is 5.91 Å². The molecule has 2 rings (SSSR count). The first kappa shape index (κ1) is 18.0. The summed E-state index contributed by atoms with van der Waals surface area (Å²) in [6.07, 6.45) is 2.04. The van der Waals surface area contributed by atoms with Crippen molar-refractivity contribution in [3.8, 4) is 0 Å². The lowest BCUT2D eigenvalue weighted by atomic mass is 10.0. The van der Waals surface area contributed by atoms with Crippen molar-refractivity contribution in [1.29, 1.82) is 0 Å². The fourth-order valence-electron chi connectivity index (χ4n) is 3.22. The summed E-state index contributed by atoms with van der Waals surface area (Å²) in [5.74, 6) is 0.150. The molecule has 0 radical (unpaired) electrons. The smallest absolute Gasteiger partial charge is 0.237 e. The van der Waals surface area contributed by atoms with Crippen LogP contribution in [0.1, 0.15) is 45.2 Å². The van der Waals surface area contributed by atoms with Crippen LogP contribution >= 0.6 is 0 Å². The van der Waals surface area contributed by atoms with Gasteiger partial charge < -0.3 is 10.2 Å². The summed E-state index contributed by atoms with van der Waals surface area (Å²) >= 11 is 0. The number of amides is 1. The highest BCUT2D eigenvalue weighted by molar-refractivity contribution is 5.81. The zero-order chi connectivity index (χ0) is 16.7. The monoisotopic (exact) mass is 317 g/mol. The molecule has 1 amide bonds. The molecule has 1 aliphatic heterocycles. The van der Waals surface area contributed by atoms with Crippen molar-refractivity contribution in [3.63, 3.8) is 0 Å². The Morgan fingerprint density at radius 2 is 1.78 bits per heavy atom. The molecule has 1 aliphatic rings. The van der Waals surface area contributed by atoms with Crippen molar-refractivity contribution in [2.45, 2.75) is 45.7 Å². The highest BCUT2D eigenvalue weighted by atomic mass is 16.2. The maximum Gasteiger partial charge on any atom is 0.237 e. The highest BCUT2D eigenvalue weighted by Gasteiger charge is 2.26. The minimum atomic E-state index is -0.0583. The molecular formula is C19H31N3O. The minimum absolute atomic E-state index is 0.0583. The average molecular weight is 317 g/mol.